The number of benzene rings is 2. The van der Waals surface area contributed by atoms with Crippen molar-refractivity contribution < 1.29 is 64.4 Å². The van der Waals surface area contributed by atoms with Crippen LogP contribution in [0.1, 0.15) is 102 Å². The van der Waals surface area contributed by atoms with Gasteiger partial charge in [0.1, 0.15) is 10.1 Å². The number of unbranched alkanes of at least 4 members (excludes halogenated alkanes) is 10. The van der Waals surface area contributed by atoms with E-state index in [4.69, 9.17) is 0 Å². The molecule has 0 unspecified atom stereocenters. The summed E-state index contributed by atoms with van der Waals surface area (Å²) in [6.45, 7) is 4.40. The normalized spacial score (nSPS) is 11.6. The van der Waals surface area contributed by atoms with Gasteiger partial charge in [0.15, 0.2) is 0 Å². The van der Waals surface area contributed by atoms with Crippen molar-refractivity contribution in [3.63, 3.8) is 0 Å². The average Bonchev–Trinajstić information content (AvgIpc) is 2.72. The minimum Gasteiger partial charge on any atom is -0.744 e. The van der Waals surface area contributed by atoms with Gasteiger partial charge >= 0.3 is 51.4 Å². The molecule has 0 aliphatic heterocycles. The molecule has 5 heteroatoms. The summed E-state index contributed by atoms with van der Waals surface area (Å²) < 4.78 is 36.9. The van der Waals surface area contributed by atoms with Gasteiger partial charge < -0.3 is 4.55 Å². The number of rotatable bonds is 15. The topological polar surface area (TPSA) is 57.2 Å². The summed E-state index contributed by atoms with van der Waals surface area (Å²) in [6, 6.07) is 9.85. The Kier molecular flexibility index (Phi) is 15.1. The zero-order valence-electron chi connectivity index (χ0n) is 19.9. The maximum absolute atomic E-state index is 12.3. The fraction of sp³-hybridized carbons (Fsp3) is 0.615. The van der Waals surface area contributed by atoms with E-state index < -0.39 is 10.1 Å². The maximum Gasteiger partial charge on any atom is 1.00 e. The van der Waals surface area contributed by atoms with Crippen LogP contribution in [-0.4, -0.2) is 13.0 Å². The molecular formula is C26H39KO3S. The molecule has 0 amide bonds. The van der Waals surface area contributed by atoms with Crippen LogP contribution in [-0.2, 0) is 23.0 Å². The SMILES string of the molecule is CCCCCCCCc1cc2ccccc2c(CCCCCCCC)c1S(=O)(=O)[O-].[K+]. The van der Waals surface area contributed by atoms with Crippen molar-refractivity contribution in [2.24, 2.45) is 0 Å². The van der Waals surface area contributed by atoms with Crippen LogP contribution in [0.5, 0.6) is 0 Å². The third kappa shape index (κ3) is 9.95. The summed E-state index contributed by atoms with van der Waals surface area (Å²) in [7, 11) is -4.51. The first-order valence-corrected chi connectivity index (χ1v) is 13.4. The summed E-state index contributed by atoms with van der Waals surface area (Å²) in [5.74, 6) is 0. The zero-order valence-corrected chi connectivity index (χ0v) is 23.9. The van der Waals surface area contributed by atoms with Gasteiger partial charge in [-0.1, -0.05) is 102 Å². The Labute approximate surface area is 233 Å². The Morgan fingerprint density at radius 2 is 1.26 bits per heavy atom. The van der Waals surface area contributed by atoms with Crippen molar-refractivity contribution in [1.29, 1.82) is 0 Å². The van der Waals surface area contributed by atoms with Crippen LogP contribution in [0.2, 0.25) is 0 Å². The zero-order chi connectivity index (χ0) is 21.8. The van der Waals surface area contributed by atoms with E-state index in [2.05, 4.69) is 13.8 Å². The summed E-state index contributed by atoms with van der Waals surface area (Å²) in [6.07, 6.45) is 15.1. The van der Waals surface area contributed by atoms with Crippen LogP contribution in [0.25, 0.3) is 10.8 Å². The Bertz CT molecular complexity index is 878. The fourth-order valence-electron chi connectivity index (χ4n) is 4.39. The molecule has 0 radical (unpaired) electrons. The molecule has 0 heterocycles. The molecular weight excluding hydrogens is 431 g/mol. The standard InChI is InChI=1S/C26H40O3S.K/c1-3-5-7-9-11-13-18-23-21-22-17-15-16-19-24(22)25(26(23)30(27,28)29)20-14-12-10-8-6-4-2;/h15-17,19,21H,3-14,18,20H2,1-2H3,(H,27,28,29);/q;+1/p-1. The quantitative estimate of drug-likeness (QED) is 0.218. The Hall–Kier alpha value is 0.246. The number of fused-ring (bicyclic) bond motifs is 1. The Morgan fingerprint density at radius 3 is 1.84 bits per heavy atom. The largest absolute Gasteiger partial charge is 1.00 e. The minimum absolute atomic E-state index is 0. The van der Waals surface area contributed by atoms with Crippen molar-refractivity contribution in [3.8, 4) is 0 Å². The first-order valence-electron chi connectivity index (χ1n) is 12.0. The second kappa shape index (κ2) is 16.0. The molecule has 2 aromatic carbocycles. The Balaban J connectivity index is 0.00000480. The predicted octanol–water partition coefficient (Wildman–Crippen LogP) is 4.55. The van der Waals surface area contributed by atoms with Gasteiger partial charge in [0.05, 0.1) is 4.90 Å². The second-order valence-corrected chi connectivity index (χ2v) is 9.87. The molecule has 0 saturated carbocycles. The van der Waals surface area contributed by atoms with Gasteiger partial charge in [-0.3, -0.25) is 0 Å². The molecule has 0 atom stereocenters. The predicted molar refractivity (Wildman–Crippen MR) is 126 cm³/mol. The Morgan fingerprint density at radius 1 is 0.742 bits per heavy atom. The average molecular weight is 471 g/mol. The van der Waals surface area contributed by atoms with Crippen molar-refractivity contribution in [2.45, 2.75) is 109 Å². The van der Waals surface area contributed by atoms with Crippen molar-refractivity contribution in [3.05, 3.63) is 41.5 Å². The molecule has 0 aliphatic rings. The number of hydrogen-bond donors (Lipinski definition) is 0. The van der Waals surface area contributed by atoms with Crippen LogP contribution in [0.4, 0.5) is 0 Å². The molecule has 0 N–H and O–H groups in total. The van der Waals surface area contributed by atoms with Crippen LogP contribution in [0.15, 0.2) is 35.2 Å². The number of aryl methyl sites for hydroxylation is 2. The van der Waals surface area contributed by atoms with E-state index in [1.807, 2.05) is 30.3 Å². The first kappa shape index (κ1) is 29.3. The van der Waals surface area contributed by atoms with E-state index in [-0.39, 0.29) is 56.3 Å². The van der Waals surface area contributed by atoms with Crippen LogP contribution >= 0.6 is 0 Å². The summed E-state index contributed by atoms with van der Waals surface area (Å²) in [5.41, 5.74) is 1.47. The van der Waals surface area contributed by atoms with E-state index in [1.54, 1.807) is 0 Å². The van der Waals surface area contributed by atoms with Gasteiger partial charge in [0, 0.05) is 0 Å². The van der Waals surface area contributed by atoms with E-state index in [0.717, 1.165) is 47.6 Å². The van der Waals surface area contributed by atoms with Crippen LogP contribution < -0.4 is 51.4 Å². The minimum atomic E-state index is -4.51. The molecule has 0 aromatic heterocycles. The van der Waals surface area contributed by atoms with Gasteiger partial charge in [-0.05, 0) is 53.6 Å². The van der Waals surface area contributed by atoms with Gasteiger partial charge in [-0.15, -0.1) is 0 Å². The molecule has 31 heavy (non-hydrogen) atoms. The maximum atomic E-state index is 12.3. The van der Waals surface area contributed by atoms with Gasteiger partial charge in [-0.2, -0.15) is 0 Å². The van der Waals surface area contributed by atoms with Gasteiger partial charge in [-0.25, -0.2) is 8.42 Å². The van der Waals surface area contributed by atoms with Crippen LogP contribution in [0.3, 0.4) is 0 Å². The summed E-state index contributed by atoms with van der Waals surface area (Å²) in [5, 5.41) is 1.97. The number of hydrogen-bond acceptors (Lipinski definition) is 3. The third-order valence-electron chi connectivity index (χ3n) is 6.01. The fourth-order valence-corrected chi connectivity index (χ4v) is 5.39. The smallest absolute Gasteiger partial charge is 0.744 e. The molecule has 0 spiro atoms. The monoisotopic (exact) mass is 470 g/mol. The molecule has 2 rings (SSSR count). The molecule has 0 saturated heterocycles. The first-order chi connectivity index (χ1) is 14.5. The molecule has 0 aliphatic carbocycles. The van der Waals surface area contributed by atoms with Crippen molar-refractivity contribution in [1.82, 2.24) is 0 Å². The third-order valence-corrected chi connectivity index (χ3v) is 7.02. The van der Waals surface area contributed by atoms with E-state index in [0.29, 0.717) is 12.8 Å². The molecule has 0 fully saturated rings. The summed E-state index contributed by atoms with van der Waals surface area (Å²) >= 11 is 0. The van der Waals surface area contributed by atoms with E-state index >= 15 is 0 Å². The summed E-state index contributed by atoms with van der Waals surface area (Å²) in [4.78, 5) is 0.0725. The van der Waals surface area contributed by atoms with Crippen LogP contribution in [0, 0.1) is 0 Å². The van der Waals surface area contributed by atoms with Crippen molar-refractivity contribution in [2.75, 3.05) is 0 Å². The molecule has 168 valence electrons. The van der Waals surface area contributed by atoms with Gasteiger partial charge in [0.25, 0.3) is 0 Å². The molecule has 0 bridgehead atoms. The van der Waals surface area contributed by atoms with E-state index in [1.165, 1.54) is 51.4 Å². The van der Waals surface area contributed by atoms with Crippen molar-refractivity contribution >= 4 is 20.9 Å². The molecule has 3 nitrogen and oxygen atoms in total. The molecule has 2 aromatic rings. The van der Waals surface area contributed by atoms with E-state index in [9.17, 15) is 13.0 Å². The van der Waals surface area contributed by atoms with Gasteiger partial charge in [0.2, 0.25) is 0 Å². The second-order valence-electron chi connectivity index (χ2n) is 8.55.